The third kappa shape index (κ3) is 7.69. The fraction of sp³-hybridized carbons (Fsp3) is 0.375. The summed E-state index contributed by atoms with van der Waals surface area (Å²) in [5.41, 5.74) is 5.29. The molecule has 0 bridgehead atoms. The van der Waals surface area contributed by atoms with E-state index in [-0.39, 0.29) is 24.5 Å². The molecule has 0 radical (unpaired) electrons. The third-order valence-electron chi connectivity index (χ3n) is 6.97. The number of nitrogens with one attached hydrogen (secondary N) is 1. The standard InChI is InChI=1S/C32H38N2O3/c1-23-10-9-13-27(17-23)21-34(31(35)22-37-29-18-24(2)16-25(3)19-29)30(20-26-11-5-4-6-12-26)32(36)33-28-14-7-8-15-28/h4-6,9-13,16-19,28,30H,7-8,14-15,20-22H2,1-3H3,(H,33,36)/t30-/m1/s1. The van der Waals surface area contributed by atoms with Crippen LogP contribution >= 0.6 is 0 Å². The summed E-state index contributed by atoms with van der Waals surface area (Å²) in [4.78, 5) is 29.2. The van der Waals surface area contributed by atoms with E-state index in [1.807, 2.05) is 81.4 Å². The number of ether oxygens (including phenoxy) is 1. The molecule has 2 amide bonds. The van der Waals surface area contributed by atoms with E-state index in [1.165, 1.54) is 0 Å². The van der Waals surface area contributed by atoms with Crippen molar-refractivity contribution in [1.82, 2.24) is 10.2 Å². The van der Waals surface area contributed by atoms with Gasteiger partial charge >= 0.3 is 0 Å². The minimum absolute atomic E-state index is 0.0943. The lowest BCUT2D eigenvalue weighted by Crippen LogP contribution is -2.53. The Hall–Kier alpha value is -3.60. The summed E-state index contributed by atoms with van der Waals surface area (Å²) in [6.45, 7) is 6.26. The minimum Gasteiger partial charge on any atom is -0.484 e. The summed E-state index contributed by atoms with van der Waals surface area (Å²) in [5.74, 6) is 0.364. The van der Waals surface area contributed by atoms with Gasteiger partial charge in [-0.05, 0) is 68.0 Å². The first-order valence-corrected chi connectivity index (χ1v) is 13.3. The SMILES string of the molecule is Cc1cccc(CN(C(=O)COc2cc(C)cc(C)c2)[C@H](Cc2ccccc2)C(=O)NC2CCCC2)c1. The van der Waals surface area contributed by atoms with Crippen LogP contribution in [-0.4, -0.2) is 35.4 Å². The first-order valence-electron chi connectivity index (χ1n) is 13.3. The number of hydrogen-bond donors (Lipinski definition) is 1. The van der Waals surface area contributed by atoms with Crippen LogP contribution in [0.25, 0.3) is 0 Å². The van der Waals surface area contributed by atoms with Crippen molar-refractivity contribution < 1.29 is 14.3 Å². The van der Waals surface area contributed by atoms with Gasteiger partial charge in [0.1, 0.15) is 11.8 Å². The number of carbonyl (C=O) groups is 2. The Kier molecular flexibility index (Phi) is 8.99. The molecule has 0 aliphatic heterocycles. The van der Waals surface area contributed by atoms with E-state index >= 15 is 0 Å². The van der Waals surface area contributed by atoms with Crippen molar-refractivity contribution in [2.75, 3.05) is 6.61 Å². The summed E-state index contributed by atoms with van der Waals surface area (Å²) in [6, 6.07) is 23.5. The molecule has 3 aromatic carbocycles. The van der Waals surface area contributed by atoms with Crippen LogP contribution in [0, 0.1) is 20.8 Å². The molecule has 0 unspecified atom stereocenters. The molecule has 1 saturated carbocycles. The summed E-state index contributed by atoms with van der Waals surface area (Å²) in [6.07, 6.45) is 4.69. The second-order valence-corrected chi connectivity index (χ2v) is 10.3. The minimum atomic E-state index is -0.640. The molecule has 1 aliphatic carbocycles. The number of rotatable bonds is 10. The predicted molar refractivity (Wildman–Crippen MR) is 147 cm³/mol. The average Bonchev–Trinajstić information content (AvgIpc) is 3.38. The molecule has 1 fully saturated rings. The number of hydrogen-bond acceptors (Lipinski definition) is 3. The van der Waals surface area contributed by atoms with Crippen LogP contribution in [-0.2, 0) is 22.6 Å². The predicted octanol–water partition coefficient (Wildman–Crippen LogP) is 5.69. The lowest BCUT2D eigenvalue weighted by Gasteiger charge is -2.32. The van der Waals surface area contributed by atoms with Gasteiger partial charge in [0.15, 0.2) is 6.61 Å². The van der Waals surface area contributed by atoms with Crippen LogP contribution in [0.3, 0.4) is 0 Å². The first kappa shape index (κ1) is 26.5. The maximum atomic E-state index is 13.8. The van der Waals surface area contributed by atoms with Gasteiger partial charge in [-0.15, -0.1) is 0 Å². The normalized spacial score (nSPS) is 14.2. The lowest BCUT2D eigenvalue weighted by atomic mass is 10.0. The molecular weight excluding hydrogens is 460 g/mol. The maximum absolute atomic E-state index is 13.8. The van der Waals surface area contributed by atoms with Crippen LogP contribution in [0.1, 0.15) is 53.5 Å². The first-order chi connectivity index (χ1) is 17.9. The van der Waals surface area contributed by atoms with E-state index in [1.54, 1.807) is 4.90 Å². The van der Waals surface area contributed by atoms with Crippen molar-refractivity contribution in [1.29, 1.82) is 0 Å². The van der Waals surface area contributed by atoms with Crippen molar-refractivity contribution in [3.05, 3.63) is 101 Å². The Morgan fingerprint density at radius 2 is 1.54 bits per heavy atom. The Morgan fingerprint density at radius 1 is 0.865 bits per heavy atom. The van der Waals surface area contributed by atoms with Crippen LogP contribution in [0.15, 0.2) is 72.8 Å². The van der Waals surface area contributed by atoms with E-state index in [4.69, 9.17) is 4.74 Å². The van der Waals surface area contributed by atoms with Crippen LogP contribution in [0.4, 0.5) is 0 Å². The Bertz CT molecular complexity index is 1180. The van der Waals surface area contributed by atoms with Crippen LogP contribution < -0.4 is 10.1 Å². The summed E-state index contributed by atoms with van der Waals surface area (Å²) in [7, 11) is 0. The van der Waals surface area contributed by atoms with E-state index in [2.05, 4.69) is 17.4 Å². The number of carbonyl (C=O) groups excluding carboxylic acids is 2. The van der Waals surface area contributed by atoms with Crippen LogP contribution in [0.2, 0.25) is 0 Å². The third-order valence-corrected chi connectivity index (χ3v) is 6.97. The molecule has 1 N–H and O–H groups in total. The highest BCUT2D eigenvalue weighted by Gasteiger charge is 2.32. The molecular formula is C32H38N2O3. The second-order valence-electron chi connectivity index (χ2n) is 10.3. The maximum Gasteiger partial charge on any atom is 0.261 e. The van der Waals surface area contributed by atoms with Crippen LogP contribution in [0.5, 0.6) is 5.75 Å². The monoisotopic (exact) mass is 498 g/mol. The van der Waals surface area contributed by atoms with Gasteiger partial charge < -0.3 is 15.0 Å². The fourth-order valence-corrected chi connectivity index (χ4v) is 5.17. The summed E-state index contributed by atoms with van der Waals surface area (Å²) >= 11 is 0. The molecule has 0 aromatic heterocycles. The smallest absolute Gasteiger partial charge is 0.261 e. The molecule has 0 spiro atoms. The molecule has 1 atom stereocenters. The zero-order valence-corrected chi connectivity index (χ0v) is 22.2. The van der Waals surface area contributed by atoms with Crippen molar-refractivity contribution in [3.63, 3.8) is 0 Å². The van der Waals surface area contributed by atoms with Gasteiger partial charge in [-0.2, -0.15) is 0 Å². The highest BCUT2D eigenvalue weighted by molar-refractivity contribution is 5.88. The van der Waals surface area contributed by atoms with E-state index < -0.39 is 6.04 Å². The molecule has 0 heterocycles. The largest absolute Gasteiger partial charge is 0.484 e. The highest BCUT2D eigenvalue weighted by atomic mass is 16.5. The molecule has 5 nitrogen and oxygen atoms in total. The van der Waals surface area contributed by atoms with Crippen molar-refractivity contribution in [3.8, 4) is 5.75 Å². The highest BCUT2D eigenvalue weighted by Crippen LogP contribution is 2.21. The van der Waals surface area contributed by atoms with Gasteiger partial charge in [-0.25, -0.2) is 0 Å². The number of amides is 2. The lowest BCUT2D eigenvalue weighted by molar-refractivity contribution is -0.143. The summed E-state index contributed by atoms with van der Waals surface area (Å²) < 4.78 is 5.96. The van der Waals surface area contributed by atoms with Gasteiger partial charge in [0.2, 0.25) is 5.91 Å². The molecule has 0 saturated heterocycles. The Morgan fingerprint density at radius 3 is 2.22 bits per heavy atom. The number of benzene rings is 3. The zero-order valence-electron chi connectivity index (χ0n) is 22.2. The number of nitrogens with zero attached hydrogens (tertiary/aromatic N) is 1. The molecule has 5 heteroatoms. The summed E-state index contributed by atoms with van der Waals surface area (Å²) in [5, 5.41) is 3.25. The molecule has 37 heavy (non-hydrogen) atoms. The van der Waals surface area contributed by atoms with Crippen molar-refractivity contribution >= 4 is 11.8 Å². The zero-order chi connectivity index (χ0) is 26.2. The average molecular weight is 499 g/mol. The van der Waals surface area contributed by atoms with Gasteiger partial charge in [0, 0.05) is 19.0 Å². The fourth-order valence-electron chi connectivity index (χ4n) is 5.17. The molecule has 1 aliphatic rings. The van der Waals surface area contributed by atoms with Gasteiger partial charge in [0.25, 0.3) is 5.91 Å². The molecule has 3 aromatic rings. The van der Waals surface area contributed by atoms with E-state index in [0.29, 0.717) is 18.7 Å². The van der Waals surface area contributed by atoms with E-state index in [0.717, 1.165) is 53.5 Å². The molecule has 4 rings (SSSR count). The quantitative estimate of drug-likeness (QED) is 0.391. The van der Waals surface area contributed by atoms with E-state index in [9.17, 15) is 9.59 Å². The Balaban J connectivity index is 1.62. The van der Waals surface area contributed by atoms with Crippen molar-refractivity contribution in [2.45, 2.75) is 71.5 Å². The Labute approximate surface area is 220 Å². The van der Waals surface area contributed by atoms with Crippen molar-refractivity contribution in [2.24, 2.45) is 0 Å². The van der Waals surface area contributed by atoms with Gasteiger partial charge in [-0.1, -0.05) is 79.1 Å². The topological polar surface area (TPSA) is 58.6 Å². The second kappa shape index (κ2) is 12.6. The van der Waals surface area contributed by atoms with Gasteiger partial charge in [-0.3, -0.25) is 9.59 Å². The van der Waals surface area contributed by atoms with Gasteiger partial charge in [0.05, 0.1) is 0 Å². The molecule has 194 valence electrons. The number of aryl methyl sites for hydroxylation is 3.